The molecule has 0 heterocycles. The van der Waals surface area contributed by atoms with Gasteiger partial charge in [-0.1, -0.05) is 0 Å². The summed E-state index contributed by atoms with van der Waals surface area (Å²) >= 11 is 3.97. The highest BCUT2D eigenvalue weighted by Gasteiger charge is 2.30. The Morgan fingerprint density at radius 2 is 1.15 bits per heavy atom. The smallest absolute Gasteiger partial charge is 0.326 e. The van der Waals surface area contributed by atoms with Crippen molar-refractivity contribution in [1.29, 1.82) is 0 Å². The first-order chi connectivity index (χ1) is 15.3. The fourth-order valence-electron chi connectivity index (χ4n) is 2.40. The Kier molecular flexibility index (Phi) is 13.1. The van der Waals surface area contributed by atoms with Gasteiger partial charge >= 0.3 is 5.97 Å². The van der Waals surface area contributed by atoms with E-state index in [1.54, 1.807) is 0 Å². The molecule has 0 spiro atoms. The number of amides is 6. The maximum absolute atomic E-state index is 12.6. The molecule has 12 N–H and O–H groups in total. The van der Waals surface area contributed by atoms with Gasteiger partial charge in [0.1, 0.15) is 18.1 Å². The van der Waals surface area contributed by atoms with Crippen LogP contribution in [0.5, 0.6) is 0 Å². The summed E-state index contributed by atoms with van der Waals surface area (Å²) in [6, 6.07) is -5.54. The molecule has 186 valence electrons. The summed E-state index contributed by atoms with van der Waals surface area (Å²) in [5.41, 5.74) is 20.7. The molecule has 0 rings (SSSR count). The molecule has 33 heavy (non-hydrogen) atoms. The van der Waals surface area contributed by atoms with Gasteiger partial charge in [-0.2, -0.15) is 12.6 Å². The van der Waals surface area contributed by atoms with Crippen molar-refractivity contribution in [2.24, 2.45) is 22.9 Å². The summed E-state index contributed by atoms with van der Waals surface area (Å²) in [4.78, 5) is 81.4. The zero-order chi connectivity index (χ0) is 25.7. The zero-order valence-corrected chi connectivity index (χ0v) is 18.5. The molecular formula is C17H29N7O8S. The van der Waals surface area contributed by atoms with Gasteiger partial charge in [0.25, 0.3) is 0 Å². The monoisotopic (exact) mass is 491 g/mol. The number of thiol groups is 1. The van der Waals surface area contributed by atoms with E-state index in [0.717, 1.165) is 0 Å². The van der Waals surface area contributed by atoms with Gasteiger partial charge in [0.05, 0.1) is 12.5 Å². The minimum Gasteiger partial charge on any atom is -0.480 e. The van der Waals surface area contributed by atoms with E-state index in [-0.39, 0.29) is 31.4 Å². The Bertz CT molecular complexity index is 778. The molecule has 0 aliphatic rings. The third-order valence-electron chi connectivity index (χ3n) is 4.19. The van der Waals surface area contributed by atoms with E-state index in [0.29, 0.717) is 0 Å². The van der Waals surface area contributed by atoms with Crippen molar-refractivity contribution in [3.63, 3.8) is 0 Å². The fourth-order valence-corrected chi connectivity index (χ4v) is 2.66. The van der Waals surface area contributed by atoms with E-state index >= 15 is 0 Å². The molecule has 4 unspecified atom stereocenters. The molecule has 15 nitrogen and oxygen atoms in total. The molecule has 0 aromatic carbocycles. The van der Waals surface area contributed by atoms with Gasteiger partial charge in [0.15, 0.2) is 0 Å². The lowest BCUT2D eigenvalue weighted by atomic mass is 10.1. The molecule has 16 heteroatoms. The molecule has 0 saturated carbocycles. The topological polar surface area (TPSA) is 280 Å². The second-order valence-corrected chi connectivity index (χ2v) is 7.36. The van der Waals surface area contributed by atoms with E-state index in [2.05, 4.69) is 23.3 Å². The van der Waals surface area contributed by atoms with Crippen LogP contribution < -0.4 is 38.9 Å². The van der Waals surface area contributed by atoms with E-state index in [1.165, 1.54) is 0 Å². The van der Waals surface area contributed by atoms with Crippen LogP contribution in [0.2, 0.25) is 0 Å². The molecule has 0 saturated heterocycles. The van der Waals surface area contributed by atoms with Crippen LogP contribution in [0, 0.1) is 0 Å². The Morgan fingerprint density at radius 3 is 1.61 bits per heavy atom. The highest BCUT2D eigenvalue weighted by molar-refractivity contribution is 7.80. The molecular weight excluding hydrogens is 462 g/mol. The number of nitrogens with two attached hydrogens (primary N) is 4. The highest BCUT2D eigenvalue weighted by atomic mass is 32.1. The minimum absolute atomic E-state index is 0.0673. The van der Waals surface area contributed by atoms with E-state index in [4.69, 9.17) is 28.0 Å². The Hall–Kier alpha value is -3.40. The van der Waals surface area contributed by atoms with Crippen molar-refractivity contribution in [3.05, 3.63) is 0 Å². The van der Waals surface area contributed by atoms with Crippen LogP contribution in [0.1, 0.15) is 32.1 Å². The van der Waals surface area contributed by atoms with Gasteiger partial charge in [-0.05, 0) is 12.8 Å². The largest absolute Gasteiger partial charge is 0.480 e. The van der Waals surface area contributed by atoms with E-state index in [9.17, 15) is 33.6 Å². The Balaban J connectivity index is 5.32. The summed E-state index contributed by atoms with van der Waals surface area (Å²) < 4.78 is 0. The molecule has 4 atom stereocenters. The molecule has 0 aromatic heterocycles. The van der Waals surface area contributed by atoms with Crippen LogP contribution in [0.15, 0.2) is 0 Å². The van der Waals surface area contributed by atoms with Crippen LogP contribution in [0.4, 0.5) is 0 Å². The summed E-state index contributed by atoms with van der Waals surface area (Å²) in [5, 5.41) is 15.7. The van der Waals surface area contributed by atoms with Crippen molar-refractivity contribution >= 4 is 54.0 Å². The van der Waals surface area contributed by atoms with Gasteiger partial charge in [-0.15, -0.1) is 0 Å². The molecule has 0 aromatic rings. The second kappa shape index (κ2) is 14.6. The maximum Gasteiger partial charge on any atom is 0.326 e. The number of carboxylic acids is 1. The van der Waals surface area contributed by atoms with Crippen molar-refractivity contribution in [3.8, 4) is 0 Å². The van der Waals surface area contributed by atoms with Crippen molar-refractivity contribution in [2.75, 3.05) is 5.75 Å². The number of hydrogen-bond acceptors (Lipinski definition) is 9. The summed E-state index contributed by atoms with van der Waals surface area (Å²) in [6.45, 7) is 0. The third-order valence-corrected chi connectivity index (χ3v) is 4.55. The van der Waals surface area contributed by atoms with Crippen LogP contribution >= 0.6 is 12.6 Å². The van der Waals surface area contributed by atoms with Crippen LogP contribution in [0.25, 0.3) is 0 Å². The predicted octanol–water partition coefficient (Wildman–Crippen LogP) is -4.81. The molecule has 0 fully saturated rings. The molecule has 0 bridgehead atoms. The first kappa shape index (κ1) is 29.6. The van der Waals surface area contributed by atoms with Gasteiger partial charge in [0, 0.05) is 18.6 Å². The number of carboxylic acid groups (broad SMARTS) is 1. The van der Waals surface area contributed by atoms with Crippen molar-refractivity contribution in [2.45, 2.75) is 56.3 Å². The van der Waals surface area contributed by atoms with Crippen LogP contribution in [-0.2, 0) is 33.6 Å². The summed E-state index contributed by atoms with van der Waals surface area (Å²) in [6.07, 6.45) is -1.58. The first-order valence-electron chi connectivity index (χ1n) is 9.63. The zero-order valence-electron chi connectivity index (χ0n) is 17.6. The van der Waals surface area contributed by atoms with Gasteiger partial charge in [-0.25, -0.2) is 4.79 Å². The second-order valence-electron chi connectivity index (χ2n) is 6.99. The van der Waals surface area contributed by atoms with Gasteiger partial charge in [0.2, 0.25) is 35.4 Å². The minimum atomic E-state index is -1.67. The number of carbonyl (C=O) groups excluding carboxylic acids is 6. The van der Waals surface area contributed by atoms with Crippen molar-refractivity contribution < 1.29 is 38.7 Å². The van der Waals surface area contributed by atoms with Gasteiger partial charge in [-0.3, -0.25) is 28.8 Å². The van der Waals surface area contributed by atoms with Crippen molar-refractivity contribution in [1.82, 2.24) is 16.0 Å². The SMILES string of the molecule is NC(=O)CCC(N)C(=O)NC(CS)C(=O)NC(CCC(N)=O)C(=O)NC(CC(N)=O)C(=O)O. The molecule has 0 aliphatic heterocycles. The fraction of sp³-hybridized carbons (Fsp3) is 0.588. The Morgan fingerprint density at radius 1 is 0.697 bits per heavy atom. The van der Waals surface area contributed by atoms with Crippen LogP contribution in [-0.4, -0.2) is 76.4 Å². The average molecular weight is 492 g/mol. The predicted molar refractivity (Wildman–Crippen MR) is 116 cm³/mol. The standard InChI is InChI=1S/C17H29N7O8S/c18-7(1-3-11(19)25)14(28)24-10(6-33)16(30)22-8(2-4-12(20)26)15(29)23-9(17(31)32)5-13(21)27/h7-10,33H,1-6,18H2,(H2,19,25)(H2,20,26)(H2,21,27)(H,22,30)(H,23,29)(H,24,28)(H,31,32). The van der Waals surface area contributed by atoms with Gasteiger partial charge < -0.3 is 44.0 Å². The number of rotatable bonds is 16. The van der Waals surface area contributed by atoms with E-state index < -0.39 is 72.0 Å². The molecule has 0 aliphatic carbocycles. The Labute approximate surface area is 194 Å². The lowest BCUT2D eigenvalue weighted by Crippen LogP contribution is -2.58. The third kappa shape index (κ3) is 12.3. The number of primary amides is 3. The van der Waals surface area contributed by atoms with E-state index in [1.807, 2.05) is 5.32 Å². The quantitative estimate of drug-likeness (QED) is 0.0935. The number of hydrogen-bond donors (Lipinski definition) is 9. The lowest BCUT2D eigenvalue weighted by Gasteiger charge is -2.24. The highest BCUT2D eigenvalue weighted by Crippen LogP contribution is 2.03. The summed E-state index contributed by atoms with van der Waals surface area (Å²) in [5.74, 6) is -6.93. The average Bonchev–Trinajstić information content (AvgIpc) is 2.71. The molecule has 0 radical (unpaired) electrons. The summed E-state index contributed by atoms with van der Waals surface area (Å²) in [7, 11) is 0. The first-order valence-corrected chi connectivity index (χ1v) is 10.3. The van der Waals surface area contributed by atoms with Crippen LogP contribution in [0.3, 0.4) is 0 Å². The maximum atomic E-state index is 12.6. The molecule has 6 amide bonds. The number of aliphatic carboxylic acids is 1. The normalized spacial score (nSPS) is 14.1. The number of nitrogens with one attached hydrogen (secondary N) is 3. The lowest BCUT2D eigenvalue weighted by molar-refractivity contribution is -0.144. The number of carbonyl (C=O) groups is 7.